The van der Waals surface area contributed by atoms with E-state index in [4.69, 9.17) is 4.74 Å². The Balaban J connectivity index is 0.942. The Kier molecular flexibility index (Phi) is 11.9. The van der Waals surface area contributed by atoms with E-state index in [1.807, 2.05) is 160 Å². The first-order valence-corrected chi connectivity index (χ1v) is 26.1. The van der Waals surface area contributed by atoms with Crippen molar-refractivity contribution in [2.75, 3.05) is 22.1 Å². The normalized spacial score (nSPS) is 19.5. The van der Waals surface area contributed by atoms with E-state index in [9.17, 15) is 19.5 Å². The van der Waals surface area contributed by atoms with Gasteiger partial charge in [0.05, 0.1) is 49.4 Å². The van der Waals surface area contributed by atoms with Crippen LogP contribution in [0.5, 0.6) is 0 Å². The van der Waals surface area contributed by atoms with Crippen molar-refractivity contribution in [3.63, 3.8) is 0 Å². The van der Waals surface area contributed by atoms with Crippen LogP contribution in [-0.2, 0) is 50.7 Å². The molecule has 10 rings (SSSR count). The quantitative estimate of drug-likeness (QED) is 0.0555. The van der Waals surface area contributed by atoms with Crippen LogP contribution >= 0.6 is 0 Å². The standard InChI is InChI=1S/C53H54N8O6Si/c1-33-51(68(2,3)66)48(22-23-60-31-46(58-59-60)42(32-62)35-13-5-4-6-14-35)67-53(33)43-27-39(57-50(64)26-37-29-55-45-19-10-8-17-41(37)45)20-21-47(43)61(52(53)65)30-34-12-11-15-38(24-34)56-49(63)25-36-28-54-44-18-9-7-16-40(36)44/h4-21,24,27-29,31,33,42,48,51,54-55,62,66H,22-23,25-26,30,32H2,1-3H3,(H,56,63)(H,57,64)/t33-,42?,48+,51-,53+/m1/s1. The van der Waals surface area contributed by atoms with Crippen LogP contribution in [0.25, 0.3) is 21.8 Å². The van der Waals surface area contributed by atoms with Crippen LogP contribution in [0.15, 0.2) is 140 Å². The number of hydrogen-bond acceptors (Lipinski definition) is 8. The smallest absolute Gasteiger partial charge is 0.264 e. The van der Waals surface area contributed by atoms with Crippen molar-refractivity contribution in [2.24, 2.45) is 5.92 Å². The molecule has 15 heteroatoms. The molecule has 2 aliphatic rings. The summed E-state index contributed by atoms with van der Waals surface area (Å²) in [6.45, 7) is 6.21. The number of aromatic amines is 2. The number of benzene rings is 5. The van der Waals surface area contributed by atoms with E-state index in [1.54, 1.807) is 9.58 Å². The Hall–Kier alpha value is -7.17. The number of anilines is 3. The van der Waals surface area contributed by atoms with Crippen molar-refractivity contribution in [1.82, 2.24) is 25.0 Å². The number of nitrogens with zero attached hydrogens (tertiary/aromatic N) is 4. The van der Waals surface area contributed by atoms with Gasteiger partial charge >= 0.3 is 0 Å². The van der Waals surface area contributed by atoms with Gasteiger partial charge in [-0.3, -0.25) is 19.1 Å². The lowest BCUT2D eigenvalue weighted by Crippen LogP contribution is -2.46. The van der Waals surface area contributed by atoms with E-state index < -0.39 is 25.9 Å². The second kappa shape index (κ2) is 18.1. The van der Waals surface area contributed by atoms with Gasteiger partial charge in [-0.05, 0) is 84.2 Å². The highest BCUT2D eigenvalue weighted by molar-refractivity contribution is 6.71. The van der Waals surface area contributed by atoms with Crippen LogP contribution in [0.2, 0.25) is 18.6 Å². The van der Waals surface area contributed by atoms with Crippen molar-refractivity contribution >= 4 is 64.9 Å². The molecule has 346 valence electrons. The minimum absolute atomic E-state index is 0.130. The third-order valence-electron chi connectivity index (χ3n) is 13.8. The Morgan fingerprint density at radius 3 is 2.10 bits per heavy atom. The van der Waals surface area contributed by atoms with E-state index in [-0.39, 0.29) is 55.2 Å². The number of para-hydroxylation sites is 2. The zero-order valence-electron chi connectivity index (χ0n) is 38.1. The van der Waals surface area contributed by atoms with Crippen molar-refractivity contribution in [1.29, 1.82) is 0 Å². The van der Waals surface area contributed by atoms with Crippen LogP contribution in [0.3, 0.4) is 0 Å². The molecule has 1 saturated heterocycles. The molecule has 0 radical (unpaired) electrons. The highest BCUT2D eigenvalue weighted by atomic mass is 28.4. The summed E-state index contributed by atoms with van der Waals surface area (Å²) < 4.78 is 8.92. The van der Waals surface area contributed by atoms with E-state index in [1.165, 1.54) is 0 Å². The van der Waals surface area contributed by atoms with Gasteiger partial charge in [-0.15, -0.1) is 5.10 Å². The van der Waals surface area contributed by atoms with E-state index in [0.29, 0.717) is 41.3 Å². The minimum atomic E-state index is -3.04. The summed E-state index contributed by atoms with van der Waals surface area (Å²) in [4.78, 5) is 62.8. The van der Waals surface area contributed by atoms with Gasteiger partial charge in [-0.1, -0.05) is 91.0 Å². The van der Waals surface area contributed by atoms with E-state index >= 15 is 4.79 Å². The number of ether oxygens (including phenoxy) is 1. The molecule has 3 aromatic heterocycles. The number of hydrogen-bond donors (Lipinski definition) is 6. The van der Waals surface area contributed by atoms with Gasteiger partial charge in [-0.2, -0.15) is 0 Å². The fraction of sp³-hybridized carbons (Fsp3) is 0.264. The molecular weight excluding hydrogens is 873 g/mol. The van der Waals surface area contributed by atoms with Crippen molar-refractivity contribution in [2.45, 2.75) is 75.5 Å². The maximum Gasteiger partial charge on any atom is 0.264 e. The molecule has 0 bridgehead atoms. The molecule has 14 nitrogen and oxygen atoms in total. The molecule has 2 aliphatic heterocycles. The van der Waals surface area contributed by atoms with Gasteiger partial charge in [-0.25, -0.2) is 0 Å². The maximum atomic E-state index is 15.5. The number of aryl methyl sites for hydroxylation is 1. The number of carbonyl (C=O) groups excluding carboxylic acids is 3. The fourth-order valence-corrected chi connectivity index (χ4v) is 13.3. The molecule has 1 fully saturated rings. The molecule has 1 spiro atoms. The number of nitrogens with one attached hydrogen (secondary N) is 4. The van der Waals surface area contributed by atoms with Crippen molar-refractivity contribution in [3.8, 4) is 0 Å². The Labute approximate surface area is 394 Å². The van der Waals surface area contributed by atoms with Gasteiger partial charge < -0.3 is 40.1 Å². The molecule has 6 N–H and O–H groups in total. The van der Waals surface area contributed by atoms with Crippen LogP contribution in [0, 0.1) is 5.92 Å². The molecule has 5 heterocycles. The SMILES string of the molecule is C[C@@H]1[C@@H]([Si](C)(C)O)[C@H](CCn2cc(C(CO)c3ccccc3)nn2)O[C@@]12C(=O)N(Cc1cccc(NC(=O)Cc3c[nH]c4ccccc34)c1)c1ccc(NC(=O)Cc3c[nH]c4ccccc34)cc12. The van der Waals surface area contributed by atoms with E-state index in [0.717, 1.165) is 44.1 Å². The minimum Gasteiger partial charge on any atom is -0.432 e. The number of aliphatic hydroxyl groups excluding tert-OH is 1. The molecule has 3 amide bonds. The lowest BCUT2D eigenvalue weighted by Gasteiger charge is -2.32. The summed E-state index contributed by atoms with van der Waals surface area (Å²) in [5.74, 6) is -1.45. The highest BCUT2D eigenvalue weighted by Gasteiger charge is 2.66. The van der Waals surface area contributed by atoms with Gasteiger partial charge in [0.15, 0.2) is 13.9 Å². The maximum absolute atomic E-state index is 15.5. The third-order valence-corrected chi connectivity index (χ3v) is 16.3. The number of rotatable bonds is 15. The van der Waals surface area contributed by atoms with Crippen molar-refractivity contribution < 1.29 is 29.0 Å². The van der Waals surface area contributed by atoms with Gasteiger partial charge in [0.1, 0.15) is 0 Å². The Bertz CT molecular complexity index is 3160. The molecule has 5 aromatic carbocycles. The summed E-state index contributed by atoms with van der Waals surface area (Å²) in [7, 11) is -3.04. The van der Waals surface area contributed by atoms with Crippen LogP contribution in [-0.4, -0.2) is 73.6 Å². The second-order valence-electron chi connectivity index (χ2n) is 18.7. The predicted molar refractivity (Wildman–Crippen MR) is 265 cm³/mol. The molecule has 0 saturated carbocycles. The lowest BCUT2D eigenvalue weighted by atomic mass is 9.82. The van der Waals surface area contributed by atoms with Crippen LogP contribution in [0.4, 0.5) is 17.1 Å². The second-order valence-corrected chi connectivity index (χ2v) is 22.7. The number of carbonyl (C=O) groups is 3. The highest BCUT2D eigenvalue weighted by Crippen LogP contribution is 2.60. The first-order chi connectivity index (χ1) is 32.9. The molecule has 5 atom stereocenters. The third kappa shape index (κ3) is 8.42. The van der Waals surface area contributed by atoms with Gasteiger partial charge in [0.2, 0.25) is 11.8 Å². The zero-order chi connectivity index (χ0) is 47.2. The number of amides is 3. The Morgan fingerprint density at radius 1 is 0.824 bits per heavy atom. The van der Waals surface area contributed by atoms with Crippen LogP contribution < -0.4 is 15.5 Å². The predicted octanol–water partition coefficient (Wildman–Crippen LogP) is 8.16. The molecular formula is C53H54N8O6Si. The summed E-state index contributed by atoms with van der Waals surface area (Å²) in [6.07, 6.45) is 5.76. The first-order valence-electron chi connectivity index (χ1n) is 23.1. The van der Waals surface area contributed by atoms with Gasteiger partial charge in [0.25, 0.3) is 5.91 Å². The van der Waals surface area contributed by atoms with Crippen molar-refractivity contribution in [3.05, 3.63) is 173 Å². The monoisotopic (exact) mass is 926 g/mol. The zero-order valence-corrected chi connectivity index (χ0v) is 39.1. The number of aromatic nitrogens is 5. The lowest BCUT2D eigenvalue weighted by molar-refractivity contribution is -0.146. The topological polar surface area (TPSA) is 190 Å². The molecule has 1 unspecified atom stereocenters. The Morgan fingerprint density at radius 2 is 1.46 bits per heavy atom. The molecule has 8 aromatic rings. The summed E-state index contributed by atoms with van der Waals surface area (Å²) in [5, 5.41) is 27.3. The number of aliphatic hydroxyl groups is 1. The summed E-state index contributed by atoms with van der Waals surface area (Å²) in [6, 6.07) is 38.4. The largest absolute Gasteiger partial charge is 0.432 e. The van der Waals surface area contributed by atoms with E-state index in [2.05, 4.69) is 30.9 Å². The molecule has 68 heavy (non-hydrogen) atoms. The average Bonchev–Trinajstić information content (AvgIpc) is 4.16. The average molecular weight is 927 g/mol. The summed E-state index contributed by atoms with van der Waals surface area (Å²) in [5.41, 5.74) is 6.55. The summed E-state index contributed by atoms with van der Waals surface area (Å²) >= 11 is 0. The first kappa shape index (κ1) is 44.7. The van der Waals surface area contributed by atoms with Crippen LogP contribution in [0.1, 0.15) is 52.8 Å². The fourth-order valence-electron chi connectivity index (χ4n) is 10.7. The number of fused-ring (bicyclic) bond motifs is 4. The molecule has 0 aliphatic carbocycles. The van der Waals surface area contributed by atoms with Gasteiger partial charge in [0, 0.05) is 75.3 Å². The number of H-pyrrole nitrogens is 2.